The van der Waals surface area contributed by atoms with Crippen LogP contribution < -0.4 is 10.1 Å². The number of hydrogen-bond acceptors (Lipinski definition) is 3. The van der Waals surface area contributed by atoms with Gasteiger partial charge in [-0.25, -0.2) is 0 Å². The van der Waals surface area contributed by atoms with E-state index in [4.69, 9.17) is 4.74 Å². The van der Waals surface area contributed by atoms with Crippen LogP contribution in [0, 0.1) is 0 Å². The Hall–Kier alpha value is -1.61. The minimum absolute atomic E-state index is 0.448. The van der Waals surface area contributed by atoms with Crippen LogP contribution in [0.25, 0.3) is 0 Å². The SMILES string of the molecule is COc1ccc(CC[C@H](C)Nc2cccc(SC)c2)cc1. The van der Waals surface area contributed by atoms with Crippen molar-refractivity contribution in [1.29, 1.82) is 0 Å². The zero-order valence-corrected chi connectivity index (χ0v) is 13.7. The molecule has 0 fully saturated rings. The third-order valence-electron chi connectivity index (χ3n) is 3.51. The van der Waals surface area contributed by atoms with Gasteiger partial charge in [0.1, 0.15) is 5.75 Å². The third kappa shape index (κ3) is 5.01. The second-order valence-electron chi connectivity index (χ2n) is 5.16. The van der Waals surface area contributed by atoms with Crippen LogP contribution in [0.4, 0.5) is 5.69 Å². The van der Waals surface area contributed by atoms with Crippen LogP contribution in [-0.2, 0) is 6.42 Å². The molecule has 21 heavy (non-hydrogen) atoms. The van der Waals surface area contributed by atoms with Crippen molar-refractivity contribution in [3.63, 3.8) is 0 Å². The largest absolute Gasteiger partial charge is 0.497 e. The van der Waals surface area contributed by atoms with Crippen LogP contribution in [0.2, 0.25) is 0 Å². The summed E-state index contributed by atoms with van der Waals surface area (Å²) in [6, 6.07) is 17.3. The molecule has 2 aromatic carbocycles. The molecule has 3 heteroatoms. The summed E-state index contributed by atoms with van der Waals surface area (Å²) in [5, 5.41) is 3.57. The van der Waals surface area contributed by atoms with Crippen LogP contribution in [0.15, 0.2) is 53.4 Å². The highest BCUT2D eigenvalue weighted by atomic mass is 32.2. The zero-order chi connectivity index (χ0) is 15.1. The lowest BCUT2D eigenvalue weighted by Gasteiger charge is -2.16. The maximum Gasteiger partial charge on any atom is 0.118 e. The predicted molar refractivity (Wildman–Crippen MR) is 92.6 cm³/mol. The van der Waals surface area contributed by atoms with Crippen LogP contribution in [-0.4, -0.2) is 19.4 Å². The summed E-state index contributed by atoms with van der Waals surface area (Å²) < 4.78 is 5.18. The maximum atomic E-state index is 5.18. The molecule has 0 bridgehead atoms. The number of aryl methyl sites for hydroxylation is 1. The topological polar surface area (TPSA) is 21.3 Å². The van der Waals surface area contributed by atoms with E-state index >= 15 is 0 Å². The number of anilines is 1. The van der Waals surface area contributed by atoms with Gasteiger partial charge in [-0.05, 0) is 61.9 Å². The quantitative estimate of drug-likeness (QED) is 0.739. The van der Waals surface area contributed by atoms with E-state index in [0.717, 1.165) is 18.6 Å². The van der Waals surface area contributed by atoms with Crippen molar-refractivity contribution >= 4 is 17.4 Å². The Balaban J connectivity index is 1.84. The molecule has 0 saturated carbocycles. The standard InChI is InChI=1S/C18H23NOS/c1-14(19-16-5-4-6-18(13-16)21-3)7-8-15-9-11-17(20-2)12-10-15/h4-6,9-14,19H,7-8H2,1-3H3/t14-/m0/s1. The van der Waals surface area contributed by atoms with Crippen molar-refractivity contribution in [3.05, 3.63) is 54.1 Å². The molecule has 1 atom stereocenters. The summed E-state index contributed by atoms with van der Waals surface area (Å²) in [4.78, 5) is 1.29. The number of nitrogens with one attached hydrogen (secondary N) is 1. The second-order valence-corrected chi connectivity index (χ2v) is 6.04. The Labute approximate surface area is 131 Å². The lowest BCUT2D eigenvalue weighted by Crippen LogP contribution is -2.15. The summed E-state index contributed by atoms with van der Waals surface area (Å²) in [6.45, 7) is 2.23. The molecule has 0 saturated heterocycles. The normalized spacial score (nSPS) is 12.0. The molecule has 0 aromatic heterocycles. The molecule has 0 heterocycles. The minimum atomic E-state index is 0.448. The molecule has 0 aliphatic heterocycles. The second kappa shape index (κ2) is 7.99. The Bertz CT molecular complexity index is 553. The van der Waals surface area contributed by atoms with Crippen LogP contribution in [0.3, 0.4) is 0 Å². The van der Waals surface area contributed by atoms with Crippen molar-refractivity contribution in [2.45, 2.75) is 30.7 Å². The molecule has 1 N–H and O–H groups in total. The van der Waals surface area contributed by atoms with Crippen molar-refractivity contribution in [2.24, 2.45) is 0 Å². The Kier molecular flexibility index (Phi) is 6.00. The van der Waals surface area contributed by atoms with E-state index in [1.165, 1.54) is 16.1 Å². The molecule has 112 valence electrons. The molecule has 0 aliphatic carbocycles. The highest BCUT2D eigenvalue weighted by Crippen LogP contribution is 2.20. The molecule has 0 unspecified atom stereocenters. The first kappa shape index (κ1) is 15.8. The third-order valence-corrected chi connectivity index (χ3v) is 4.23. The monoisotopic (exact) mass is 301 g/mol. The molecule has 2 aromatic rings. The number of ether oxygens (including phenoxy) is 1. The molecular weight excluding hydrogens is 278 g/mol. The number of methoxy groups -OCH3 is 1. The van der Waals surface area contributed by atoms with Crippen LogP contribution in [0.1, 0.15) is 18.9 Å². The molecule has 0 radical (unpaired) electrons. The maximum absolute atomic E-state index is 5.18. The molecule has 0 spiro atoms. The highest BCUT2D eigenvalue weighted by Gasteiger charge is 2.04. The number of thioether (sulfide) groups is 1. The summed E-state index contributed by atoms with van der Waals surface area (Å²) in [5.41, 5.74) is 2.55. The van der Waals surface area contributed by atoms with Crippen LogP contribution in [0.5, 0.6) is 5.75 Å². The van der Waals surface area contributed by atoms with E-state index < -0.39 is 0 Å². The average molecular weight is 301 g/mol. The molecule has 2 rings (SSSR count). The van der Waals surface area contributed by atoms with Gasteiger partial charge in [0.2, 0.25) is 0 Å². The van der Waals surface area contributed by atoms with Gasteiger partial charge in [-0.2, -0.15) is 0 Å². The number of benzene rings is 2. The van der Waals surface area contributed by atoms with Gasteiger partial charge in [0, 0.05) is 16.6 Å². The van der Waals surface area contributed by atoms with Gasteiger partial charge in [0.15, 0.2) is 0 Å². The highest BCUT2D eigenvalue weighted by molar-refractivity contribution is 7.98. The number of rotatable bonds is 7. The van der Waals surface area contributed by atoms with E-state index in [9.17, 15) is 0 Å². The smallest absolute Gasteiger partial charge is 0.118 e. The first-order valence-electron chi connectivity index (χ1n) is 7.25. The summed E-state index contributed by atoms with van der Waals surface area (Å²) in [7, 11) is 1.70. The van der Waals surface area contributed by atoms with Gasteiger partial charge in [-0.15, -0.1) is 11.8 Å². The van der Waals surface area contributed by atoms with Gasteiger partial charge >= 0.3 is 0 Å². The van der Waals surface area contributed by atoms with Crippen molar-refractivity contribution < 1.29 is 4.74 Å². The van der Waals surface area contributed by atoms with Crippen molar-refractivity contribution in [3.8, 4) is 5.75 Å². The fourth-order valence-corrected chi connectivity index (χ4v) is 2.70. The van der Waals surface area contributed by atoms with E-state index in [0.29, 0.717) is 6.04 Å². The van der Waals surface area contributed by atoms with Gasteiger partial charge < -0.3 is 10.1 Å². The van der Waals surface area contributed by atoms with Gasteiger partial charge in [-0.1, -0.05) is 18.2 Å². The van der Waals surface area contributed by atoms with E-state index in [2.05, 4.69) is 54.9 Å². The van der Waals surface area contributed by atoms with Gasteiger partial charge in [-0.3, -0.25) is 0 Å². The van der Waals surface area contributed by atoms with E-state index in [1.54, 1.807) is 18.9 Å². The minimum Gasteiger partial charge on any atom is -0.497 e. The lowest BCUT2D eigenvalue weighted by molar-refractivity contribution is 0.414. The molecule has 0 aliphatic rings. The Morgan fingerprint density at radius 3 is 2.57 bits per heavy atom. The summed E-state index contributed by atoms with van der Waals surface area (Å²) in [6.07, 6.45) is 4.28. The summed E-state index contributed by atoms with van der Waals surface area (Å²) in [5.74, 6) is 0.916. The van der Waals surface area contributed by atoms with Crippen molar-refractivity contribution in [1.82, 2.24) is 0 Å². The van der Waals surface area contributed by atoms with Crippen molar-refractivity contribution in [2.75, 3.05) is 18.7 Å². The van der Waals surface area contributed by atoms with E-state index in [-0.39, 0.29) is 0 Å². The van der Waals surface area contributed by atoms with Crippen LogP contribution >= 0.6 is 11.8 Å². The fraction of sp³-hybridized carbons (Fsp3) is 0.333. The first-order chi connectivity index (χ1) is 10.2. The predicted octanol–water partition coefficient (Wildman–Crippen LogP) is 4.85. The molecule has 2 nitrogen and oxygen atoms in total. The lowest BCUT2D eigenvalue weighted by atomic mass is 10.1. The van der Waals surface area contributed by atoms with Gasteiger partial charge in [0.25, 0.3) is 0 Å². The molecular formula is C18H23NOS. The fourth-order valence-electron chi connectivity index (χ4n) is 2.24. The molecule has 0 amide bonds. The van der Waals surface area contributed by atoms with E-state index in [1.807, 2.05) is 12.1 Å². The average Bonchev–Trinajstić information content (AvgIpc) is 2.53. The summed E-state index contributed by atoms with van der Waals surface area (Å²) >= 11 is 1.77. The Morgan fingerprint density at radius 1 is 1.14 bits per heavy atom. The van der Waals surface area contributed by atoms with Gasteiger partial charge in [0.05, 0.1) is 7.11 Å². The Morgan fingerprint density at radius 2 is 1.90 bits per heavy atom. The first-order valence-corrected chi connectivity index (χ1v) is 8.47. The number of hydrogen-bond donors (Lipinski definition) is 1. The zero-order valence-electron chi connectivity index (χ0n) is 12.9.